The number of aromatic nitrogens is 3. The summed E-state index contributed by atoms with van der Waals surface area (Å²) in [5.41, 5.74) is 8.20. The molecule has 26 heavy (non-hydrogen) atoms. The van der Waals surface area contributed by atoms with Crippen molar-refractivity contribution in [1.82, 2.24) is 14.8 Å². The van der Waals surface area contributed by atoms with Crippen molar-refractivity contribution in [2.24, 2.45) is 0 Å². The zero-order valence-corrected chi connectivity index (χ0v) is 14.8. The highest BCUT2D eigenvalue weighted by atomic mass is 35.5. The van der Waals surface area contributed by atoms with Crippen LogP contribution in [0.3, 0.4) is 0 Å². The zero-order valence-electron chi connectivity index (χ0n) is 13.3. The number of rotatable bonds is 2. The van der Waals surface area contributed by atoms with E-state index in [0.29, 0.717) is 27.1 Å². The van der Waals surface area contributed by atoms with E-state index in [-0.39, 0.29) is 11.4 Å². The predicted octanol–water partition coefficient (Wildman–Crippen LogP) is 4.85. The summed E-state index contributed by atoms with van der Waals surface area (Å²) in [7, 11) is 0. The Morgan fingerprint density at radius 1 is 1.04 bits per heavy atom. The lowest BCUT2D eigenvalue weighted by Gasteiger charge is -2.04. The second-order valence-corrected chi connectivity index (χ2v) is 6.46. The molecule has 5 nitrogen and oxygen atoms in total. The Morgan fingerprint density at radius 2 is 1.85 bits per heavy atom. The Balaban J connectivity index is 1.93. The molecule has 4 aromatic rings. The van der Waals surface area contributed by atoms with Gasteiger partial charge in [-0.2, -0.15) is 15.0 Å². The van der Waals surface area contributed by atoms with Gasteiger partial charge in [0.05, 0.1) is 10.5 Å². The average molecular weight is 380 g/mol. The summed E-state index contributed by atoms with van der Waals surface area (Å²) >= 11 is 12.2. The molecule has 126 valence electrons. The summed E-state index contributed by atoms with van der Waals surface area (Å²) in [5.74, 6) is 0.727. The number of hydrogen-bond acceptors (Lipinski definition) is 4. The lowest BCUT2D eigenvalue weighted by atomic mass is 10.1. The van der Waals surface area contributed by atoms with Gasteiger partial charge in [0.2, 0.25) is 0 Å². The lowest BCUT2D eigenvalue weighted by Crippen LogP contribution is -2.04. The van der Waals surface area contributed by atoms with Crippen molar-refractivity contribution in [3.63, 3.8) is 0 Å². The fraction of sp³-hybridized carbons (Fsp3) is 0. The topological polar surface area (TPSA) is 80.5 Å². The molecule has 0 aliphatic carbocycles. The molecule has 2 N–H and O–H groups in total. The van der Waals surface area contributed by atoms with Gasteiger partial charge in [-0.05, 0) is 36.4 Å². The number of anilines is 1. The molecule has 2 aromatic carbocycles. The molecule has 2 heterocycles. The highest BCUT2D eigenvalue weighted by molar-refractivity contribution is 6.36. The van der Waals surface area contributed by atoms with Crippen LogP contribution in [0.2, 0.25) is 10.0 Å². The van der Waals surface area contributed by atoms with Crippen molar-refractivity contribution in [1.29, 1.82) is 5.26 Å². The molecular weight excluding hydrogens is 369 g/mol. The van der Waals surface area contributed by atoms with Gasteiger partial charge >= 0.3 is 0 Å². The number of fused-ring (bicyclic) bond motifs is 1. The van der Waals surface area contributed by atoms with E-state index in [0.717, 1.165) is 10.9 Å². The molecule has 0 atom stereocenters. The Labute approximate surface area is 159 Å². The first-order chi connectivity index (χ1) is 12.6. The number of pyridine rings is 1. The van der Waals surface area contributed by atoms with Gasteiger partial charge < -0.3 is 5.73 Å². The highest BCUT2D eigenvalue weighted by Crippen LogP contribution is 2.34. The summed E-state index contributed by atoms with van der Waals surface area (Å²) in [6.07, 6.45) is 0. The van der Waals surface area contributed by atoms with E-state index in [2.05, 4.69) is 16.2 Å². The number of benzene rings is 2. The van der Waals surface area contributed by atoms with Crippen LogP contribution in [0.5, 0.6) is 0 Å². The molecule has 0 unspecified atom stereocenters. The van der Waals surface area contributed by atoms with Crippen LogP contribution in [0.1, 0.15) is 5.56 Å². The van der Waals surface area contributed by atoms with E-state index in [4.69, 9.17) is 28.9 Å². The highest BCUT2D eigenvalue weighted by Gasteiger charge is 2.20. The number of halogens is 2. The van der Waals surface area contributed by atoms with Gasteiger partial charge in [0.1, 0.15) is 23.1 Å². The van der Waals surface area contributed by atoms with E-state index in [9.17, 15) is 5.26 Å². The van der Waals surface area contributed by atoms with E-state index >= 15 is 0 Å². The fourth-order valence-corrected chi connectivity index (χ4v) is 3.26. The van der Waals surface area contributed by atoms with Crippen molar-refractivity contribution < 1.29 is 0 Å². The third-order valence-electron chi connectivity index (χ3n) is 4.02. The predicted molar refractivity (Wildman–Crippen MR) is 103 cm³/mol. The van der Waals surface area contributed by atoms with Crippen LogP contribution in [0.25, 0.3) is 28.0 Å². The number of nitriles is 1. The number of nitrogens with zero attached hydrogens (tertiary/aromatic N) is 4. The smallest absolute Gasteiger partial charge is 0.156 e. The van der Waals surface area contributed by atoms with E-state index in [1.54, 1.807) is 24.3 Å². The van der Waals surface area contributed by atoms with Crippen molar-refractivity contribution in [3.8, 4) is 23.1 Å². The Morgan fingerprint density at radius 3 is 2.62 bits per heavy atom. The monoisotopic (exact) mass is 379 g/mol. The van der Waals surface area contributed by atoms with Gasteiger partial charge in [-0.15, -0.1) is 0 Å². The van der Waals surface area contributed by atoms with Gasteiger partial charge in [-0.3, -0.25) is 0 Å². The average Bonchev–Trinajstić information content (AvgIpc) is 2.97. The molecule has 0 fully saturated rings. The molecule has 0 saturated carbocycles. The molecule has 0 aliphatic rings. The molecule has 4 rings (SSSR count). The van der Waals surface area contributed by atoms with Gasteiger partial charge in [0.15, 0.2) is 5.82 Å². The first-order valence-electron chi connectivity index (χ1n) is 7.68. The van der Waals surface area contributed by atoms with Crippen LogP contribution in [0.15, 0.2) is 54.6 Å². The number of nitrogens with two attached hydrogens (primary N) is 1. The third-order valence-corrected chi connectivity index (χ3v) is 4.57. The Hall–Kier alpha value is -3.07. The maximum absolute atomic E-state index is 9.57. The van der Waals surface area contributed by atoms with E-state index < -0.39 is 0 Å². The Kier molecular flexibility index (Phi) is 4.00. The summed E-state index contributed by atoms with van der Waals surface area (Å²) in [6, 6.07) is 18.6. The second kappa shape index (κ2) is 6.34. The van der Waals surface area contributed by atoms with Gasteiger partial charge in [0, 0.05) is 16.0 Å². The molecule has 0 aliphatic heterocycles. The summed E-state index contributed by atoms with van der Waals surface area (Å²) < 4.78 is 1.45. The van der Waals surface area contributed by atoms with Crippen molar-refractivity contribution in [3.05, 3.63) is 70.2 Å². The minimum Gasteiger partial charge on any atom is -0.382 e. The Bertz CT molecular complexity index is 1190. The summed E-state index contributed by atoms with van der Waals surface area (Å²) in [4.78, 5) is 4.58. The summed E-state index contributed by atoms with van der Waals surface area (Å²) in [6.45, 7) is 0. The van der Waals surface area contributed by atoms with Crippen molar-refractivity contribution in [2.75, 3.05) is 5.73 Å². The molecule has 0 saturated heterocycles. The maximum atomic E-state index is 9.57. The number of nitrogen functional groups attached to an aromatic ring is 1. The normalized spacial score (nSPS) is 10.8. The third kappa shape index (κ3) is 2.66. The molecule has 2 aromatic heterocycles. The zero-order chi connectivity index (χ0) is 18.3. The minimum atomic E-state index is 0.205. The largest absolute Gasteiger partial charge is 0.382 e. The number of para-hydroxylation sites is 1. The number of hydrogen-bond donors (Lipinski definition) is 1. The van der Waals surface area contributed by atoms with Crippen LogP contribution in [-0.4, -0.2) is 14.8 Å². The molecule has 0 radical (unpaired) electrons. The van der Waals surface area contributed by atoms with Gasteiger partial charge in [-0.1, -0.05) is 41.4 Å². The summed E-state index contributed by atoms with van der Waals surface area (Å²) in [5, 5.41) is 16.0. The molecular formula is C19H11Cl2N5. The van der Waals surface area contributed by atoms with Crippen LogP contribution in [0.4, 0.5) is 5.82 Å². The quantitative estimate of drug-likeness (QED) is 0.539. The lowest BCUT2D eigenvalue weighted by molar-refractivity contribution is 0.866. The SMILES string of the molecule is N#Cc1c(-c2ccc(Cl)cc2Cl)nn(-c2ccc3ccccc3n2)c1N. The van der Waals surface area contributed by atoms with E-state index in [1.165, 1.54) is 4.68 Å². The van der Waals surface area contributed by atoms with Crippen molar-refractivity contribution in [2.45, 2.75) is 0 Å². The molecule has 0 amide bonds. The van der Waals surface area contributed by atoms with Gasteiger partial charge in [0.25, 0.3) is 0 Å². The second-order valence-electron chi connectivity index (χ2n) is 5.62. The molecule has 7 heteroatoms. The molecule has 0 spiro atoms. The van der Waals surface area contributed by atoms with Crippen LogP contribution in [0, 0.1) is 11.3 Å². The van der Waals surface area contributed by atoms with E-state index in [1.807, 2.05) is 30.3 Å². The van der Waals surface area contributed by atoms with Gasteiger partial charge in [-0.25, -0.2) is 4.98 Å². The first kappa shape index (κ1) is 16.4. The van der Waals surface area contributed by atoms with Crippen LogP contribution in [-0.2, 0) is 0 Å². The van der Waals surface area contributed by atoms with Crippen molar-refractivity contribution >= 4 is 39.9 Å². The fourth-order valence-electron chi connectivity index (χ4n) is 2.76. The molecule has 0 bridgehead atoms. The van der Waals surface area contributed by atoms with Crippen LogP contribution >= 0.6 is 23.2 Å². The minimum absolute atomic E-state index is 0.205. The van der Waals surface area contributed by atoms with Crippen LogP contribution < -0.4 is 5.73 Å². The maximum Gasteiger partial charge on any atom is 0.156 e. The standard InChI is InChI=1S/C19H11Cl2N5/c20-12-6-7-13(15(21)9-12)18-14(10-22)19(23)26(25-18)17-8-5-11-3-1-2-4-16(11)24-17/h1-9H,23H2. The first-order valence-corrected chi connectivity index (χ1v) is 8.44.